The second kappa shape index (κ2) is 21.9. The van der Waals surface area contributed by atoms with Crippen molar-refractivity contribution in [1.82, 2.24) is 14.9 Å². The molecule has 320 valence electrons. The summed E-state index contributed by atoms with van der Waals surface area (Å²) in [5.74, 6) is 3.83. The van der Waals surface area contributed by atoms with Gasteiger partial charge in [-0.15, -0.1) is 0 Å². The Labute approximate surface area is 365 Å². The van der Waals surface area contributed by atoms with E-state index in [1.807, 2.05) is 111 Å². The number of aromatic nitrogens is 2. The maximum absolute atomic E-state index is 12.0. The molecule has 1 aliphatic heterocycles. The number of aliphatic carboxylic acids is 1. The molecule has 0 saturated carbocycles. The molecule has 2 atom stereocenters. The van der Waals surface area contributed by atoms with Crippen molar-refractivity contribution < 1.29 is 28.2 Å². The van der Waals surface area contributed by atoms with E-state index in [1.54, 1.807) is 0 Å². The van der Waals surface area contributed by atoms with E-state index in [9.17, 15) is 9.90 Å². The number of hydrogen-bond acceptors (Lipinski definition) is 8. The van der Waals surface area contributed by atoms with Gasteiger partial charge < -0.3 is 23.4 Å². The van der Waals surface area contributed by atoms with E-state index < -0.39 is 5.97 Å². The molecule has 2 aromatic heterocycles. The van der Waals surface area contributed by atoms with Crippen LogP contribution in [0.2, 0.25) is 0 Å². The molecule has 9 heteroatoms. The fraction of sp³-hybridized carbons (Fsp3) is 0.302. The molecule has 62 heavy (non-hydrogen) atoms. The molecule has 7 aromatic rings. The normalized spacial score (nSPS) is 14.9. The van der Waals surface area contributed by atoms with Gasteiger partial charge in [0.15, 0.2) is 0 Å². The van der Waals surface area contributed by atoms with E-state index in [1.165, 1.54) is 11.1 Å². The van der Waals surface area contributed by atoms with Crippen molar-refractivity contribution in [3.8, 4) is 34.4 Å². The number of benzene rings is 5. The van der Waals surface area contributed by atoms with Gasteiger partial charge in [-0.3, -0.25) is 9.69 Å². The van der Waals surface area contributed by atoms with Crippen molar-refractivity contribution in [2.45, 2.75) is 65.8 Å². The van der Waals surface area contributed by atoms with Crippen molar-refractivity contribution in [1.29, 1.82) is 0 Å². The topological polar surface area (TPSA) is 111 Å². The first-order valence-corrected chi connectivity index (χ1v) is 21.8. The standard InChI is InChI=1S/C32H34N2O4.C21H23NO2/c1-23-30(33-31(38-23)26-12-6-3-7-13-26)17-18-37-28-14-8-11-24(19-28)15-16-27-21-34(22-29(27)32(35)36)20-25-9-4-2-5-10-25;1-3-8-17-9-7-12-19(15-17)23-14-13-20-16(2)24-21(22-20)18-10-5-4-6-11-18/h2-14,19,27,29H,15-18,20-22H2,1H3,(H,35,36);4-7,9-12,15H,3,8,13-14H2,1-2H3/t27-,29+;/m1./s1. The number of oxazole rings is 2. The van der Waals surface area contributed by atoms with Crippen LogP contribution in [0, 0.1) is 25.7 Å². The SMILES string of the molecule is CCCc1cccc(OCCc2nc(-c3ccccc3)oc2C)c1.Cc1oc(-c2ccccc2)nc1CCOc1cccc(CC[C@@H]2CN(Cc3ccccc3)C[C@@H]2C(=O)O)c1. The van der Waals surface area contributed by atoms with Crippen molar-refractivity contribution in [2.75, 3.05) is 26.3 Å². The molecule has 1 N–H and O–H groups in total. The van der Waals surface area contributed by atoms with E-state index in [4.69, 9.17) is 18.3 Å². The summed E-state index contributed by atoms with van der Waals surface area (Å²) in [6, 6.07) is 46.6. The summed E-state index contributed by atoms with van der Waals surface area (Å²) in [7, 11) is 0. The van der Waals surface area contributed by atoms with Crippen molar-refractivity contribution in [3.05, 3.63) is 179 Å². The summed E-state index contributed by atoms with van der Waals surface area (Å²) < 4.78 is 23.6. The van der Waals surface area contributed by atoms with Gasteiger partial charge in [-0.1, -0.05) is 104 Å². The minimum absolute atomic E-state index is 0.134. The second-order valence-electron chi connectivity index (χ2n) is 15.9. The molecule has 0 spiro atoms. The van der Waals surface area contributed by atoms with Crippen molar-refractivity contribution >= 4 is 5.97 Å². The zero-order valence-corrected chi connectivity index (χ0v) is 36.0. The van der Waals surface area contributed by atoms with Gasteiger partial charge >= 0.3 is 5.97 Å². The Morgan fingerprint density at radius 3 is 1.61 bits per heavy atom. The molecular weight excluding hydrogens is 775 g/mol. The summed E-state index contributed by atoms with van der Waals surface area (Å²) >= 11 is 0. The van der Waals surface area contributed by atoms with Crippen molar-refractivity contribution in [2.24, 2.45) is 11.8 Å². The minimum atomic E-state index is -0.693. The van der Waals surface area contributed by atoms with Crippen LogP contribution in [0.5, 0.6) is 11.5 Å². The first-order chi connectivity index (χ1) is 30.3. The van der Waals surface area contributed by atoms with Crippen LogP contribution in [0.15, 0.2) is 148 Å². The molecule has 0 unspecified atom stereocenters. The zero-order chi connectivity index (χ0) is 43.1. The predicted octanol–water partition coefficient (Wildman–Crippen LogP) is 11.3. The molecule has 5 aromatic carbocycles. The van der Waals surface area contributed by atoms with Gasteiger partial charge in [0.1, 0.15) is 23.0 Å². The van der Waals surface area contributed by atoms with Crippen LogP contribution in [0.4, 0.5) is 0 Å². The fourth-order valence-corrected chi connectivity index (χ4v) is 7.99. The number of carboxylic acid groups (broad SMARTS) is 1. The Balaban J connectivity index is 0.000000207. The lowest BCUT2D eigenvalue weighted by molar-refractivity contribution is -0.142. The molecule has 1 saturated heterocycles. The Kier molecular flexibility index (Phi) is 15.4. The maximum Gasteiger partial charge on any atom is 0.308 e. The molecule has 0 amide bonds. The van der Waals surface area contributed by atoms with Gasteiger partial charge in [-0.2, -0.15) is 0 Å². The Morgan fingerprint density at radius 1 is 0.629 bits per heavy atom. The van der Waals surface area contributed by atoms with Gasteiger partial charge in [0.25, 0.3) is 0 Å². The Bertz CT molecular complexity index is 2450. The smallest absolute Gasteiger partial charge is 0.308 e. The molecule has 1 fully saturated rings. The van der Waals surface area contributed by atoms with E-state index in [0.29, 0.717) is 38.0 Å². The van der Waals surface area contributed by atoms with Crippen LogP contribution in [0.1, 0.15) is 59.4 Å². The summed E-state index contributed by atoms with van der Waals surface area (Å²) in [5, 5.41) is 9.83. The number of hydrogen-bond donors (Lipinski definition) is 1. The lowest BCUT2D eigenvalue weighted by Crippen LogP contribution is -2.23. The number of carboxylic acids is 1. The van der Waals surface area contributed by atoms with Crippen LogP contribution in [-0.2, 0) is 37.0 Å². The minimum Gasteiger partial charge on any atom is -0.493 e. The maximum atomic E-state index is 12.0. The van der Waals surface area contributed by atoms with Crippen LogP contribution < -0.4 is 9.47 Å². The van der Waals surface area contributed by atoms with E-state index in [0.717, 1.165) is 96.3 Å². The number of likely N-dealkylation sites (tertiary alicyclic amines) is 1. The largest absolute Gasteiger partial charge is 0.493 e. The number of ether oxygens (including phenoxy) is 2. The fourth-order valence-electron chi connectivity index (χ4n) is 7.99. The highest BCUT2D eigenvalue weighted by Crippen LogP contribution is 2.30. The lowest BCUT2D eigenvalue weighted by atomic mass is 9.90. The molecular formula is C53H57N3O6. The number of carbonyl (C=O) groups is 1. The van der Waals surface area contributed by atoms with E-state index >= 15 is 0 Å². The van der Waals surface area contributed by atoms with Gasteiger partial charge in [0.2, 0.25) is 11.8 Å². The lowest BCUT2D eigenvalue weighted by Gasteiger charge is -2.16. The second-order valence-corrected chi connectivity index (χ2v) is 15.9. The first kappa shape index (κ1) is 43.6. The third kappa shape index (κ3) is 12.3. The van der Waals surface area contributed by atoms with E-state index in [2.05, 4.69) is 64.3 Å². The van der Waals surface area contributed by atoms with Crippen LogP contribution in [0.25, 0.3) is 22.9 Å². The number of nitrogens with zero attached hydrogens (tertiary/aromatic N) is 3. The van der Waals surface area contributed by atoms with Gasteiger partial charge in [0.05, 0.1) is 30.5 Å². The summed E-state index contributed by atoms with van der Waals surface area (Å²) in [4.78, 5) is 23.5. The molecule has 8 rings (SSSR count). The zero-order valence-electron chi connectivity index (χ0n) is 36.0. The van der Waals surface area contributed by atoms with Gasteiger partial charge in [-0.25, -0.2) is 9.97 Å². The highest BCUT2D eigenvalue weighted by molar-refractivity contribution is 5.71. The quantitative estimate of drug-likeness (QED) is 0.0903. The summed E-state index contributed by atoms with van der Waals surface area (Å²) in [6.45, 7) is 9.38. The Morgan fingerprint density at radius 2 is 1.11 bits per heavy atom. The number of rotatable bonds is 18. The summed E-state index contributed by atoms with van der Waals surface area (Å²) in [6.07, 6.45) is 5.29. The Hall–Kier alpha value is -6.45. The molecule has 3 heterocycles. The van der Waals surface area contributed by atoms with Crippen LogP contribution in [0.3, 0.4) is 0 Å². The third-order valence-corrected chi connectivity index (χ3v) is 11.3. The van der Waals surface area contributed by atoms with Gasteiger partial charge in [-0.05, 0) is 104 Å². The monoisotopic (exact) mass is 831 g/mol. The molecule has 1 aliphatic rings. The molecule has 0 bridgehead atoms. The highest BCUT2D eigenvalue weighted by Gasteiger charge is 2.37. The van der Waals surface area contributed by atoms with Gasteiger partial charge in [0, 0.05) is 43.6 Å². The van der Waals surface area contributed by atoms with Crippen LogP contribution in [-0.4, -0.2) is 52.2 Å². The third-order valence-electron chi connectivity index (χ3n) is 11.3. The van der Waals surface area contributed by atoms with Crippen LogP contribution >= 0.6 is 0 Å². The number of aryl methyl sites for hydroxylation is 4. The van der Waals surface area contributed by atoms with Crippen molar-refractivity contribution in [3.63, 3.8) is 0 Å². The molecule has 0 radical (unpaired) electrons. The molecule has 0 aliphatic carbocycles. The predicted molar refractivity (Wildman–Crippen MR) is 243 cm³/mol. The average molecular weight is 832 g/mol. The van der Waals surface area contributed by atoms with E-state index in [-0.39, 0.29) is 11.8 Å². The highest BCUT2D eigenvalue weighted by atomic mass is 16.5. The first-order valence-electron chi connectivity index (χ1n) is 21.8. The summed E-state index contributed by atoms with van der Waals surface area (Å²) in [5.41, 5.74) is 7.53. The average Bonchev–Trinajstić information content (AvgIpc) is 4.00. The molecule has 9 nitrogen and oxygen atoms in total.